The molecule has 2 aromatic rings. The Labute approximate surface area is 139 Å². The summed E-state index contributed by atoms with van der Waals surface area (Å²) in [6.07, 6.45) is 0.811. The van der Waals surface area contributed by atoms with Crippen LogP contribution >= 0.6 is 38.5 Å². The van der Waals surface area contributed by atoms with E-state index in [9.17, 15) is 4.39 Å². The van der Waals surface area contributed by atoms with Crippen LogP contribution in [0.3, 0.4) is 0 Å². The van der Waals surface area contributed by atoms with E-state index in [2.05, 4.69) is 53.8 Å². The second-order valence-electron chi connectivity index (χ2n) is 4.17. The topological polar surface area (TPSA) is 37.8 Å². The minimum absolute atomic E-state index is 0.312. The van der Waals surface area contributed by atoms with Gasteiger partial charge in [0.25, 0.3) is 0 Å². The number of nitrogens with zero attached hydrogens (tertiary/aromatic N) is 2. The molecule has 0 amide bonds. The van der Waals surface area contributed by atoms with Crippen LogP contribution in [0.2, 0.25) is 0 Å². The molecule has 6 heteroatoms. The lowest BCUT2D eigenvalue weighted by Crippen LogP contribution is -2.07. The zero-order valence-electron chi connectivity index (χ0n) is 11.2. The van der Waals surface area contributed by atoms with Crippen LogP contribution < -0.4 is 5.32 Å². The molecule has 1 heterocycles. The van der Waals surface area contributed by atoms with Crippen LogP contribution in [0.4, 0.5) is 10.2 Å². The predicted octanol–water partition coefficient (Wildman–Crippen LogP) is 4.64. The highest BCUT2D eigenvalue weighted by Crippen LogP contribution is 2.26. The van der Waals surface area contributed by atoms with Gasteiger partial charge in [-0.3, -0.25) is 0 Å². The molecule has 0 unspecified atom stereocenters. The molecule has 0 saturated heterocycles. The average molecular weight is 450 g/mol. The van der Waals surface area contributed by atoms with Gasteiger partial charge in [0, 0.05) is 12.1 Å². The summed E-state index contributed by atoms with van der Waals surface area (Å²) in [7, 11) is 0. The SMILES string of the molecule is CCNc1nc(-c2ccc(Br)c(F)c2)nc(CC)c1I. The van der Waals surface area contributed by atoms with E-state index in [1.54, 1.807) is 6.07 Å². The molecule has 1 aromatic carbocycles. The highest BCUT2D eigenvalue weighted by Gasteiger charge is 2.13. The summed E-state index contributed by atoms with van der Waals surface area (Å²) in [5, 5.41) is 3.23. The summed E-state index contributed by atoms with van der Waals surface area (Å²) in [5.74, 6) is 1.04. The van der Waals surface area contributed by atoms with Crippen LogP contribution in [0.1, 0.15) is 19.5 Å². The Bertz CT molecular complexity index is 634. The van der Waals surface area contributed by atoms with Crippen LogP contribution in [-0.2, 0) is 6.42 Å². The van der Waals surface area contributed by atoms with Crippen LogP contribution in [0.5, 0.6) is 0 Å². The highest BCUT2D eigenvalue weighted by molar-refractivity contribution is 14.1. The molecular weight excluding hydrogens is 436 g/mol. The number of rotatable bonds is 4. The molecule has 0 aliphatic heterocycles. The molecule has 3 nitrogen and oxygen atoms in total. The third-order valence-corrected chi connectivity index (χ3v) is 4.55. The first-order valence-corrected chi connectivity index (χ1v) is 8.19. The number of aromatic nitrogens is 2. The summed E-state index contributed by atoms with van der Waals surface area (Å²) in [6.45, 7) is 4.85. The molecule has 0 aliphatic rings. The monoisotopic (exact) mass is 449 g/mol. The molecule has 1 aromatic heterocycles. The molecule has 0 atom stereocenters. The van der Waals surface area contributed by atoms with Crippen LogP contribution in [-0.4, -0.2) is 16.5 Å². The number of benzene rings is 1. The molecule has 0 fully saturated rings. The van der Waals surface area contributed by atoms with Crippen LogP contribution in [0.15, 0.2) is 22.7 Å². The van der Waals surface area contributed by atoms with Gasteiger partial charge in [0.2, 0.25) is 0 Å². The molecule has 2 rings (SSSR count). The van der Waals surface area contributed by atoms with E-state index < -0.39 is 0 Å². The van der Waals surface area contributed by atoms with Crippen LogP contribution in [0, 0.1) is 9.39 Å². The zero-order valence-corrected chi connectivity index (χ0v) is 14.9. The van der Waals surface area contributed by atoms with Gasteiger partial charge in [-0.1, -0.05) is 6.92 Å². The number of hydrogen-bond donors (Lipinski definition) is 1. The second kappa shape index (κ2) is 6.80. The van der Waals surface area contributed by atoms with Crippen molar-refractivity contribution in [3.05, 3.63) is 37.8 Å². The number of aryl methyl sites for hydroxylation is 1. The standard InChI is InChI=1S/C14H14BrFIN3/c1-3-11-12(17)14(18-4-2)20-13(19-11)8-5-6-9(15)10(16)7-8/h5-7H,3-4H2,1-2H3,(H,18,19,20). The van der Waals surface area contributed by atoms with E-state index in [1.807, 2.05) is 19.9 Å². The lowest BCUT2D eigenvalue weighted by Gasteiger charge is -2.11. The Morgan fingerprint density at radius 1 is 1.30 bits per heavy atom. The van der Waals surface area contributed by atoms with Crippen molar-refractivity contribution in [2.45, 2.75) is 20.3 Å². The van der Waals surface area contributed by atoms with Crippen molar-refractivity contribution in [1.82, 2.24) is 9.97 Å². The molecule has 0 saturated carbocycles. The van der Waals surface area contributed by atoms with Gasteiger partial charge < -0.3 is 5.32 Å². The number of halogens is 3. The van der Waals surface area contributed by atoms with Crippen molar-refractivity contribution in [1.29, 1.82) is 0 Å². The van der Waals surface area contributed by atoms with E-state index in [0.29, 0.717) is 15.9 Å². The molecule has 20 heavy (non-hydrogen) atoms. The molecule has 0 aliphatic carbocycles. The Morgan fingerprint density at radius 2 is 2.05 bits per heavy atom. The first-order valence-electron chi connectivity index (χ1n) is 6.32. The molecule has 106 valence electrons. The maximum atomic E-state index is 13.7. The minimum atomic E-state index is -0.312. The Balaban J connectivity index is 2.55. The van der Waals surface area contributed by atoms with Gasteiger partial charge in [-0.15, -0.1) is 0 Å². The lowest BCUT2D eigenvalue weighted by molar-refractivity contribution is 0.621. The summed E-state index contributed by atoms with van der Waals surface area (Å²) in [6, 6.07) is 4.93. The normalized spacial score (nSPS) is 10.7. The summed E-state index contributed by atoms with van der Waals surface area (Å²) in [5.41, 5.74) is 1.64. The van der Waals surface area contributed by atoms with Gasteiger partial charge in [-0.05, 0) is 70.1 Å². The van der Waals surface area contributed by atoms with E-state index in [4.69, 9.17) is 0 Å². The van der Waals surface area contributed by atoms with Crippen molar-refractivity contribution >= 4 is 44.3 Å². The predicted molar refractivity (Wildman–Crippen MR) is 91.4 cm³/mol. The van der Waals surface area contributed by atoms with Crippen molar-refractivity contribution in [2.75, 3.05) is 11.9 Å². The first kappa shape index (κ1) is 15.6. The van der Waals surface area contributed by atoms with E-state index in [-0.39, 0.29) is 5.82 Å². The van der Waals surface area contributed by atoms with Crippen molar-refractivity contribution < 1.29 is 4.39 Å². The fourth-order valence-electron chi connectivity index (χ4n) is 1.78. The first-order chi connectivity index (χ1) is 9.56. The summed E-state index contributed by atoms with van der Waals surface area (Å²) >= 11 is 5.39. The number of hydrogen-bond acceptors (Lipinski definition) is 3. The lowest BCUT2D eigenvalue weighted by atomic mass is 10.2. The summed E-state index contributed by atoms with van der Waals surface area (Å²) < 4.78 is 15.1. The third kappa shape index (κ3) is 3.28. The second-order valence-corrected chi connectivity index (χ2v) is 6.10. The van der Waals surface area contributed by atoms with E-state index >= 15 is 0 Å². The quantitative estimate of drug-likeness (QED) is 0.690. The largest absolute Gasteiger partial charge is 0.369 e. The van der Waals surface area contributed by atoms with Gasteiger partial charge in [0.15, 0.2) is 5.82 Å². The minimum Gasteiger partial charge on any atom is -0.369 e. The maximum absolute atomic E-state index is 13.7. The maximum Gasteiger partial charge on any atom is 0.161 e. The van der Waals surface area contributed by atoms with Crippen molar-refractivity contribution in [3.8, 4) is 11.4 Å². The number of anilines is 1. The zero-order chi connectivity index (χ0) is 14.7. The van der Waals surface area contributed by atoms with Crippen LogP contribution in [0.25, 0.3) is 11.4 Å². The van der Waals surface area contributed by atoms with Gasteiger partial charge in [-0.25, -0.2) is 14.4 Å². The molecule has 1 N–H and O–H groups in total. The Hall–Kier alpha value is -0.760. The van der Waals surface area contributed by atoms with Gasteiger partial charge in [-0.2, -0.15) is 0 Å². The molecule has 0 radical (unpaired) electrons. The summed E-state index contributed by atoms with van der Waals surface area (Å²) in [4.78, 5) is 9.03. The molecule has 0 bridgehead atoms. The number of nitrogens with one attached hydrogen (secondary N) is 1. The Kier molecular flexibility index (Phi) is 5.31. The highest BCUT2D eigenvalue weighted by atomic mass is 127. The molecule has 0 spiro atoms. The fraction of sp³-hybridized carbons (Fsp3) is 0.286. The van der Waals surface area contributed by atoms with Gasteiger partial charge in [0.1, 0.15) is 11.6 Å². The Morgan fingerprint density at radius 3 is 2.65 bits per heavy atom. The van der Waals surface area contributed by atoms with Crippen molar-refractivity contribution in [3.63, 3.8) is 0 Å². The van der Waals surface area contributed by atoms with Gasteiger partial charge >= 0.3 is 0 Å². The van der Waals surface area contributed by atoms with E-state index in [1.165, 1.54) is 6.07 Å². The fourth-order valence-corrected chi connectivity index (χ4v) is 2.84. The third-order valence-electron chi connectivity index (χ3n) is 2.78. The average Bonchev–Trinajstić information content (AvgIpc) is 2.44. The van der Waals surface area contributed by atoms with Gasteiger partial charge in [0.05, 0.1) is 13.7 Å². The van der Waals surface area contributed by atoms with Crippen molar-refractivity contribution in [2.24, 2.45) is 0 Å². The molecular formula is C14H14BrFIN3. The van der Waals surface area contributed by atoms with E-state index in [0.717, 1.165) is 28.0 Å². The smallest absolute Gasteiger partial charge is 0.161 e.